The lowest BCUT2D eigenvalue weighted by Crippen LogP contribution is -2.32. The van der Waals surface area contributed by atoms with E-state index in [1.807, 2.05) is 0 Å². The number of primary sulfonamides is 1. The standard InChI is InChI=1S/C20H19ClN4O5S/c1-30-17-7-6-13(9-16(17)21)15-8-12(11-25(27)20(22)26)10-24-19(15)14-4-2-3-5-18(14)31(23,28)29/h2-10,27H,11H2,1H3,(H2,22,26)(H2,23,28,29). The highest BCUT2D eigenvalue weighted by Crippen LogP contribution is 2.37. The first kappa shape index (κ1) is 22.5. The molecule has 162 valence electrons. The first-order chi connectivity index (χ1) is 14.6. The summed E-state index contributed by atoms with van der Waals surface area (Å²) in [6, 6.07) is 11.8. The lowest BCUT2D eigenvalue weighted by molar-refractivity contribution is -0.0471. The Labute approximate surface area is 183 Å². The van der Waals surface area contributed by atoms with Crippen molar-refractivity contribution in [2.24, 2.45) is 10.9 Å². The number of pyridine rings is 1. The Morgan fingerprint density at radius 3 is 2.52 bits per heavy atom. The summed E-state index contributed by atoms with van der Waals surface area (Å²) >= 11 is 6.28. The highest BCUT2D eigenvalue weighted by molar-refractivity contribution is 7.89. The van der Waals surface area contributed by atoms with E-state index in [-0.39, 0.29) is 17.0 Å². The molecule has 0 aliphatic carbocycles. The lowest BCUT2D eigenvalue weighted by Gasteiger charge is -2.16. The van der Waals surface area contributed by atoms with Crippen molar-refractivity contribution in [3.05, 3.63) is 65.3 Å². The number of sulfonamides is 1. The molecule has 2 aromatic carbocycles. The van der Waals surface area contributed by atoms with Gasteiger partial charge in [-0.1, -0.05) is 35.9 Å². The molecule has 9 nitrogen and oxygen atoms in total. The van der Waals surface area contributed by atoms with Gasteiger partial charge in [-0.3, -0.25) is 10.2 Å². The molecule has 0 fully saturated rings. The topological polar surface area (TPSA) is 149 Å². The first-order valence-corrected chi connectivity index (χ1v) is 10.7. The zero-order chi connectivity index (χ0) is 22.8. The molecule has 3 rings (SSSR count). The molecule has 0 bridgehead atoms. The quantitative estimate of drug-likeness (QED) is 0.378. The average Bonchev–Trinajstić information content (AvgIpc) is 2.73. The number of urea groups is 1. The summed E-state index contributed by atoms with van der Waals surface area (Å²) in [5.74, 6) is 0.455. The minimum absolute atomic E-state index is 0.1000. The van der Waals surface area contributed by atoms with Crippen LogP contribution in [0.1, 0.15) is 5.56 Å². The molecule has 0 aliphatic rings. The maximum atomic E-state index is 12.1. The number of carbonyl (C=O) groups excluding carboxylic acids is 1. The summed E-state index contributed by atoms with van der Waals surface area (Å²) in [4.78, 5) is 15.5. The smallest absolute Gasteiger partial charge is 0.338 e. The van der Waals surface area contributed by atoms with Crippen LogP contribution in [0.3, 0.4) is 0 Å². The summed E-state index contributed by atoms with van der Waals surface area (Å²) in [6.45, 7) is -0.226. The number of carbonyl (C=O) groups is 1. The van der Waals surface area contributed by atoms with E-state index in [4.69, 9.17) is 27.2 Å². The third kappa shape index (κ3) is 4.94. The number of primary amides is 1. The molecular weight excluding hydrogens is 444 g/mol. The normalized spacial score (nSPS) is 11.2. The van der Waals surface area contributed by atoms with E-state index >= 15 is 0 Å². The Kier molecular flexibility index (Phi) is 6.46. The maximum Gasteiger partial charge on any atom is 0.338 e. The molecule has 31 heavy (non-hydrogen) atoms. The number of nitrogens with zero attached hydrogens (tertiary/aromatic N) is 2. The monoisotopic (exact) mass is 462 g/mol. The average molecular weight is 463 g/mol. The molecule has 0 atom stereocenters. The predicted octanol–water partition coefficient (Wildman–Crippen LogP) is 2.99. The summed E-state index contributed by atoms with van der Waals surface area (Å²) in [6.07, 6.45) is 1.40. The zero-order valence-electron chi connectivity index (χ0n) is 16.3. The Morgan fingerprint density at radius 1 is 1.19 bits per heavy atom. The van der Waals surface area contributed by atoms with Crippen molar-refractivity contribution in [2.75, 3.05) is 7.11 Å². The lowest BCUT2D eigenvalue weighted by atomic mass is 9.97. The van der Waals surface area contributed by atoms with Crippen molar-refractivity contribution in [3.8, 4) is 28.1 Å². The van der Waals surface area contributed by atoms with Crippen LogP contribution in [0.2, 0.25) is 5.02 Å². The van der Waals surface area contributed by atoms with Crippen LogP contribution in [-0.4, -0.2) is 36.8 Å². The molecule has 0 saturated heterocycles. The van der Waals surface area contributed by atoms with E-state index in [0.29, 0.717) is 38.2 Å². The van der Waals surface area contributed by atoms with Crippen molar-refractivity contribution >= 4 is 27.7 Å². The number of halogens is 1. The van der Waals surface area contributed by atoms with Crippen molar-refractivity contribution in [2.45, 2.75) is 11.4 Å². The van der Waals surface area contributed by atoms with Crippen LogP contribution in [0.15, 0.2) is 59.6 Å². The third-order valence-electron chi connectivity index (χ3n) is 4.44. The van der Waals surface area contributed by atoms with Crippen LogP contribution in [0, 0.1) is 0 Å². The zero-order valence-corrected chi connectivity index (χ0v) is 17.9. The van der Waals surface area contributed by atoms with Crippen molar-refractivity contribution in [1.82, 2.24) is 10.0 Å². The van der Waals surface area contributed by atoms with E-state index in [9.17, 15) is 18.4 Å². The van der Waals surface area contributed by atoms with E-state index in [2.05, 4.69) is 4.98 Å². The molecule has 0 saturated carbocycles. The van der Waals surface area contributed by atoms with Crippen LogP contribution in [0.25, 0.3) is 22.4 Å². The molecule has 0 spiro atoms. The number of nitrogens with two attached hydrogens (primary N) is 2. The van der Waals surface area contributed by atoms with Gasteiger partial charge in [-0.25, -0.2) is 23.4 Å². The second-order valence-electron chi connectivity index (χ2n) is 6.53. The fourth-order valence-electron chi connectivity index (χ4n) is 3.02. The van der Waals surface area contributed by atoms with Crippen molar-refractivity contribution < 1.29 is 23.2 Å². The van der Waals surface area contributed by atoms with Gasteiger partial charge in [0.2, 0.25) is 10.0 Å². The Bertz CT molecular complexity index is 1250. The largest absolute Gasteiger partial charge is 0.495 e. The predicted molar refractivity (Wildman–Crippen MR) is 115 cm³/mol. The number of ether oxygens (including phenoxy) is 1. The molecule has 2 amide bonds. The van der Waals surface area contributed by atoms with Gasteiger partial charge in [-0.15, -0.1) is 0 Å². The molecule has 11 heteroatoms. The number of benzene rings is 2. The fourth-order valence-corrected chi connectivity index (χ4v) is 4.02. The van der Waals surface area contributed by atoms with Gasteiger partial charge in [-0.2, -0.15) is 0 Å². The molecule has 0 aliphatic heterocycles. The molecular formula is C20H19ClN4O5S. The highest BCUT2D eigenvalue weighted by atomic mass is 35.5. The van der Waals surface area contributed by atoms with Crippen LogP contribution in [-0.2, 0) is 16.6 Å². The van der Waals surface area contributed by atoms with Crippen molar-refractivity contribution in [1.29, 1.82) is 0 Å². The molecule has 1 heterocycles. The summed E-state index contributed by atoms with van der Waals surface area (Å²) in [7, 11) is -2.55. The number of aromatic nitrogens is 1. The molecule has 5 N–H and O–H groups in total. The number of rotatable bonds is 6. The summed E-state index contributed by atoms with van der Waals surface area (Å²) < 4.78 is 29.4. The van der Waals surface area contributed by atoms with Gasteiger partial charge in [0, 0.05) is 17.3 Å². The van der Waals surface area contributed by atoms with E-state index in [1.165, 1.54) is 19.4 Å². The first-order valence-electron chi connectivity index (χ1n) is 8.82. The van der Waals surface area contributed by atoms with Crippen LogP contribution in [0.5, 0.6) is 5.75 Å². The van der Waals surface area contributed by atoms with Gasteiger partial charge in [0.15, 0.2) is 0 Å². The molecule has 1 aromatic heterocycles. The molecule has 0 radical (unpaired) electrons. The minimum Gasteiger partial charge on any atom is -0.495 e. The third-order valence-corrected chi connectivity index (χ3v) is 5.71. The van der Waals surface area contributed by atoms with E-state index in [0.717, 1.165) is 0 Å². The van der Waals surface area contributed by atoms with Gasteiger partial charge < -0.3 is 10.5 Å². The van der Waals surface area contributed by atoms with Gasteiger partial charge >= 0.3 is 6.03 Å². The van der Waals surface area contributed by atoms with Crippen LogP contribution in [0.4, 0.5) is 4.79 Å². The van der Waals surface area contributed by atoms with Gasteiger partial charge in [0.05, 0.1) is 29.3 Å². The number of methoxy groups -OCH3 is 1. The fraction of sp³-hybridized carbons (Fsp3) is 0.100. The summed E-state index contributed by atoms with van der Waals surface area (Å²) in [5.41, 5.74) is 7.22. The van der Waals surface area contributed by atoms with Crippen LogP contribution >= 0.6 is 11.6 Å². The number of hydrogen-bond donors (Lipinski definition) is 3. The Morgan fingerprint density at radius 2 is 1.90 bits per heavy atom. The minimum atomic E-state index is -4.04. The van der Waals surface area contributed by atoms with E-state index in [1.54, 1.807) is 42.5 Å². The van der Waals surface area contributed by atoms with E-state index < -0.39 is 16.1 Å². The van der Waals surface area contributed by atoms with Crippen molar-refractivity contribution in [3.63, 3.8) is 0 Å². The maximum absolute atomic E-state index is 12.1. The Balaban J connectivity index is 2.25. The SMILES string of the molecule is COc1ccc(-c2cc(CN(O)C(N)=O)cnc2-c2ccccc2S(N)(=O)=O)cc1Cl. The number of amides is 2. The van der Waals surface area contributed by atoms with Gasteiger partial charge in [0.1, 0.15) is 5.75 Å². The van der Waals surface area contributed by atoms with Gasteiger partial charge in [-0.05, 0) is 35.4 Å². The molecule has 3 aromatic rings. The summed E-state index contributed by atoms with van der Waals surface area (Å²) in [5, 5.41) is 15.7. The highest BCUT2D eigenvalue weighted by Gasteiger charge is 2.20. The number of hydroxylamine groups is 2. The second-order valence-corrected chi connectivity index (χ2v) is 8.46. The molecule has 0 unspecified atom stereocenters. The van der Waals surface area contributed by atoms with Crippen LogP contribution < -0.4 is 15.6 Å². The Hall–Kier alpha value is -3.18. The number of hydrogen-bond acceptors (Lipinski definition) is 6. The van der Waals surface area contributed by atoms with Gasteiger partial charge in [0.25, 0.3) is 0 Å². The second kappa shape index (κ2) is 8.90.